The number of allylic oxidation sites excluding steroid dienone is 2. The van der Waals surface area contributed by atoms with Crippen molar-refractivity contribution in [3.05, 3.63) is 59.2 Å². The molecule has 0 bridgehead atoms. The van der Waals surface area contributed by atoms with E-state index in [0.717, 1.165) is 12.8 Å². The fourth-order valence-electron chi connectivity index (χ4n) is 3.13. The van der Waals surface area contributed by atoms with Crippen LogP contribution < -0.4 is 0 Å². The first-order valence-corrected chi connectivity index (χ1v) is 7.13. The quantitative estimate of drug-likeness (QED) is 0.530. The van der Waals surface area contributed by atoms with Crippen molar-refractivity contribution in [2.75, 3.05) is 0 Å². The average Bonchev–Trinajstić information content (AvgIpc) is 3.11. The zero-order chi connectivity index (χ0) is 14.6. The highest BCUT2D eigenvalue weighted by atomic mass is 19.1. The molecule has 3 heteroatoms. The van der Waals surface area contributed by atoms with Crippen LogP contribution in [0.25, 0.3) is 21.9 Å². The number of aryl methyl sites for hydroxylation is 1. The molecule has 106 valence electrons. The molecule has 3 aromatic rings. The van der Waals surface area contributed by atoms with Crippen LogP contribution in [0.15, 0.2) is 40.8 Å². The Morgan fingerprint density at radius 1 is 1.00 bits per heavy atom. The molecule has 0 saturated heterocycles. The summed E-state index contributed by atoms with van der Waals surface area (Å²) in [6.45, 7) is 1.67. The summed E-state index contributed by atoms with van der Waals surface area (Å²) < 4.78 is 34.4. The molecule has 21 heavy (non-hydrogen) atoms. The lowest BCUT2D eigenvalue weighted by Crippen LogP contribution is -1.95. The number of rotatable bonds is 1. The number of hydrogen-bond acceptors (Lipinski definition) is 1. The summed E-state index contributed by atoms with van der Waals surface area (Å²) in [5.41, 5.74) is 1.43. The molecule has 2 aromatic carbocycles. The van der Waals surface area contributed by atoms with E-state index in [1.54, 1.807) is 25.1 Å². The molecule has 0 N–H and O–H groups in total. The number of furan rings is 1. The fraction of sp³-hybridized carbons (Fsp3) is 0.222. The van der Waals surface area contributed by atoms with Crippen LogP contribution in [0.5, 0.6) is 0 Å². The molecule has 0 fully saturated rings. The topological polar surface area (TPSA) is 13.1 Å². The molecule has 1 aromatic heterocycles. The highest BCUT2D eigenvalue weighted by molar-refractivity contribution is 6.05. The van der Waals surface area contributed by atoms with Gasteiger partial charge in [0.2, 0.25) is 0 Å². The monoisotopic (exact) mass is 284 g/mol. The van der Waals surface area contributed by atoms with E-state index < -0.39 is 5.82 Å². The standard InChI is InChI=1S/C18H14F2O/c1-10-6-7-13-14-9-8-12(11-4-2-3-5-11)16(20)18(14)21-17(13)15(10)19/h2,4,6-9,11H,3,5H2,1H3. The maximum Gasteiger partial charge on any atom is 0.171 e. The predicted octanol–water partition coefficient (Wildman–Crippen LogP) is 5.61. The Kier molecular flexibility index (Phi) is 2.64. The summed E-state index contributed by atoms with van der Waals surface area (Å²) in [7, 11) is 0. The van der Waals surface area contributed by atoms with Crippen LogP contribution in [0, 0.1) is 18.6 Å². The lowest BCUT2D eigenvalue weighted by atomic mass is 9.96. The van der Waals surface area contributed by atoms with Crippen molar-refractivity contribution in [1.29, 1.82) is 0 Å². The van der Waals surface area contributed by atoms with Crippen LogP contribution in [-0.2, 0) is 0 Å². The van der Waals surface area contributed by atoms with Gasteiger partial charge in [-0.2, -0.15) is 0 Å². The second-order valence-corrected chi connectivity index (χ2v) is 5.63. The maximum atomic E-state index is 14.7. The van der Waals surface area contributed by atoms with Crippen molar-refractivity contribution in [1.82, 2.24) is 0 Å². The van der Waals surface area contributed by atoms with Crippen molar-refractivity contribution >= 4 is 21.9 Å². The van der Waals surface area contributed by atoms with E-state index in [0.29, 0.717) is 21.9 Å². The predicted molar refractivity (Wildman–Crippen MR) is 79.5 cm³/mol. The third kappa shape index (κ3) is 1.73. The van der Waals surface area contributed by atoms with Gasteiger partial charge in [-0.25, -0.2) is 8.78 Å². The number of fused-ring (bicyclic) bond motifs is 3. The van der Waals surface area contributed by atoms with Gasteiger partial charge in [-0.3, -0.25) is 0 Å². The summed E-state index contributed by atoms with van der Waals surface area (Å²) >= 11 is 0. The van der Waals surface area contributed by atoms with Gasteiger partial charge < -0.3 is 4.42 Å². The Morgan fingerprint density at radius 2 is 1.71 bits per heavy atom. The minimum Gasteiger partial charge on any atom is -0.450 e. The first-order valence-electron chi connectivity index (χ1n) is 7.13. The summed E-state index contributed by atoms with van der Waals surface area (Å²) in [5, 5.41) is 1.26. The van der Waals surface area contributed by atoms with E-state index in [-0.39, 0.29) is 22.9 Å². The van der Waals surface area contributed by atoms with Crippen molar-refractivity contribution in [2.45, 2.75) is 25.7 Å². The Labute approximate surface area is 120 Å². The second-order valence-electron chi connectivity index (χ2n) is 5.63. The van der Waals surface area contributed by atoms with Gasteiger partial charge in [0.1, 0.15) is 0 Å². The van der Waals surface area contributed by atoms with Crippen LogP contribution in [-0.4, -0.2) is 0 Å². The van der Waals surface area contributed by atoms with Gasteiger partial charge in [0.05, 0.1) is 0 Å². The summed E-state index contributed by atoms with van der Waals surface area (Å²) in [6.07, 6.45) is 5.97. The van der Waals surface area contributed by atoms with E-state index in [1.165, 1.54) is 0 Å². The van der Waals surface area contributed by atoms with Gasteiger partial charge in [-0.05, 0) is 37.0 Å². The van der Waals surface area contributed by atoms with E-state index in [2.05, 4.69) is 6.08 Å². The lowest BCUT2D eigenvalue weighted by molar-refractivity contribution is 0.545. The summed E-state index contributed by atoms with van der Waals surface area (Å²) in [6, 6.07) is 7.11. The maximum absolute atomic E-state index is 14.7. The zero-order valence-electron chi connectivity index (χ0n) is 11.6. The van der Waals surface area contributed by atoms with Crippen molar-refractivity contribution < 1.29 is 13.2 Å². The molecule has 1 atom stereocenters. The lowest BCUT2D eigenvalue weighted by Gasteiger charge is -2.09. The molecule has 1 aliphatic rings. The number of benzene rings is 2. The normalized spacial score (nSPS) is 18.1. The molecule has 1 nitrogen and oxygen atoms in total. The molecule has 4 rings (SSSR count). The van der Waals surface area contributed by atoms with Gasteiger partial charge >= 0.3 is 0 Å². The molecule has 0 saturated carbocycles. The van der Waals surface area contributed by atoms with Gasteiger partial charge in [-0.15, -0.1) is 0 Å². The van der Waals surface area contributed by atoms with Crippen LogP contribution in [0.2, 0.25) is 0 Å². The largest absolute Gasteiger partial charge is 0.450 e. The van der Waals surface area contributed by atoms with E-state index in [4.69, 9.17) is 4.42 Å². The molecular formula is C18H14F2O. The summed E-state index contributed by atoms with van der Waals surface area (Å²) in [4.78, 5) is 0. The Morgan fingerprint density at radius 3 is 2.43 bits per heavy atom. The van der Waals surface area contributed by atoms with E-state index >= 15 is 0 Å². The Hall–Kier alpha value is -2.16. The van der Waals surface area contributed by atoms with Crippen molar-refractivity contribution in [3.63, 3.8) is 0 Å². The minimum absolute atomic E-state index is 0.0918. The molecule has 0 spiro atoms. The Balaban J connectivity index is 2.03. The van der Waals surface area contributed by atoms with Crippen LogP contribution >= 0.6 is 0 Å². The fourth-order valence-corrected chi connectivity index (χ4v) is 3.13. The van der Waals surface area contributed by atoms with Crippen molar-refractivity contribution in [2.24, 2.45) is 0 Å². The first-order chi connectivity index (χ1) is 10.2. The second kappa shape index (κ2) is 4.42. The van der Waals surface area contributed by atoms with Crippen LogP contribution in [0.1, 0.15) is 29.9 Å². The highest BCUT2D eigenvalue weighted by Crippen LogP contribution is 2.38. The van der Waals surface area contributed by atoms with Crippen molar-refractivity contribution in [3.8, 4) is 0 Å². The van der Waals surface area contributed by atoms with Gasteiger partial charge in [-0.1, -0.05) is 30.4 Å². The number of halogens is 2. The molecule has 1 aliphatic carbocycles. The van der Waals surface area contributed by atoms with E-state index in [9.17, 15) is 8.78 Å². The van der Waals surface area contributed by atoms with E-state index in [1.807, 2.05) is 12.1 Å². The zero-order valence-corrected chi connectivity index (χ0v) is 11.6. The van der Waals surface area contributed by atoms with Gasteiger partial charge in [0, 0.05) is 16.7 Å². The summed E-state index contributed by atoms with van der Waals surface area (Å²) in [5.74, 6) is -0.683. The van der Waals surface area contributed by atoms with Crippen LogP contribution in [0.4, 0.5) is 8.78 Å². The number of hydrogen-bond donors (Lipinski definition) is 0. The Bertz CT molecular complexity index is 889. The average molecular weight is 284 g/mol. The molecular weight excluding hydrogens is 270 g/mol. The van der Waals surface area contributed by atoms with Crippen LogP contribution in [0.3, 0.4) is 0 Å². The minimum atomic E-state index is -0.412. The highest BCUT2D eigenvalue weighted by Gasteiger charge is 2.22. The molecule has 0 amide bonds. The molecule has 0 aliphatic heterocycles. The molecule has 0 radical (unpaired) electrons. The van der Waals surface area contributed by atoms with Gasteiger partial charge in [0.25, 0.3) is 0 Å². The third-order valence-electron chi connectivity index (χ3n) is 4.32. The SMILES string of the molecule is Cc1ccc2c(oc3c(F)c(C4C=CCC4)ccc32)c1F. The molecule has 1 heterocycles. The third-order valence-corrected chi connectivity index (χ3v) is 4.32. The molecule has 1 unspecified atom stereocenters. The first kappa shape index (κ1) is 12.6. The van der Waals surface area contributed by atoms with Gasteiger partial charge in [0.15, 0.2) is 22.8 Å². The smallest absolute Gasteiger partial charge is 0.171 e.